The SMILES string of the molecule is COc1ccc([C@@]2(C)C(=O)N(C[NH+]3CCOCC3)C(=O)[C@@H]2C[NH+]2CCOCC2)cc1. The Balaban J connectivity index is 1.63. The number of ether oxygens (including phenoxy) is 3. The van der Waals surface area contributed by atoms with Gasteiger partial charge < -0.3 is 24.0 Å². The summed E-state index contributed by atoms with van der Waals surface area (Å²) in [5.41, 5.74) is -0.000740. The summed E-state index contributed by atoms with van der Waals surface area (Å²) in [6.07, 6.45) is 0. The van der Waals surface area contributed by atoms with E-state index in [2.05, 4.69) is 0 Å². The van der Waals surface area contributed by atoms with E-state index in [9.17, 15) is 9.59 Å². The Bertz CT molecular complexity index is 759. The Labute approximate surface area is 177 Å². The highest BCUT2D eigenvalue weighted by molar-refractivity contribution is 6.10. The van der Waals surface area contributed by atoms with Crippen LogP contribution >= 0.6 is 0 Å². The average molecular weight is 420 g/mol. The molecule has 3 aliphatic rings. The molecule has 1 aromatic carbocycles. The number of imide groups is 1. The van der Waals surface area contributed by atoms with Crippen LogP contribution in [0.15, 0.2) is 24.3 Å². The van der Waals surface area contributed by atoms with E-state index in [1.54, 1.807) is 7.11 Å². The monoisotopic (exact) mass is 419 g/mol. The molecule has 4 rings (SSSR count). The van der Waals surface area contributed by atoms with Gasteiger partial charge in [0.25, 0.3) is 0 Å². The van der Waals surface area contributed by atoms with Gasteiger partial charge in [-0.2, -0.15) is 0 Å². The predicted octanol–water partition coefficient (Wildman–Crippen LogP) is -2.27. The fourth-order valence-corrected chi connectivity index (χ4v) is 4.86. The molecule has 3 aliphatic heterocycles. The second kappa shape index (κ2) is 9.01. The molecule has 0 spiro atoms. The van der Waals surface area contributed by atoms with Crippen molar-refractivity contribution >= 4 is 11.8 Å². The zero-order valence-corrected chi connectivity index (χ0v) is 17.9. The number of carbonyl (C=O) groups is 2. The summed E-state index contributed by atoms with van der Waals surface area (Å²) in [6, 6.07) is 7.59. The van der Waals surface area contributed by atoms with Crippen LogP contribution in [0.4, 0.5) is 0 Å². The number of methoxy groups -OCH3 is 1. The summed E-state index contributed by atoms with van der Waals surface area (Å²) in [6.45, 7) is 9.10. The van der Waals surface area contributed by atoms with E-state index < -0.39 is 5.41 Å². The van der Waals surface area contributed by atoms with Gasteiger partial charge >= 0.3 is 0 Å². The summed E-state index contributed by atoms with van der Waals surface area (Å²) < 4.78 is 16.2. The van der Waals surface area contributed by atoms with Crippen molar-refractivity contribution in [1.82, 2.24) is 4.90 Å². The predicted molar refractivity (Wildman–Crippen MR) is 108 cm³/mol. The summed E-state index contributed by atoms with van der Waals surface area (Å²) in [5.74, 6) is 0.224. The van der Waals surface area contributed by atoms with Crippen molar-refractivity contribution in [2.24, 2.45) is 5.92 Å². The maximum Gasteiger partial charge on any atom is 0.245 e. The van der Waals surface area contributed by atoms with Gasteiger partial charge in [-0.15, -0.1) is 0 Å². The van der Waals surface area contributed by atoms with Gasteiger partial charge in [-0.1, -0.05) is 12.1 Å². The minimum Gasteiger partial charge on any atom is -0.497 e. The highest BCUT2D eigenvalue weighted by Gasteiger charge is 2.59. The highest BCUT2D eigenvalue weighted by Crippen LogP contribution is 2.40. The third kappa shape index (κ3) is 3.97. The van der Waals surface area contributed by atoms with Gasteiger partial charge in [0.1, 0.15) is 37.8 Å². The Morgan fingerprint density at radius 2 is 1.57 bits per heavy atom. The number of hydrogen-bond donors (Lipinski definition) is 2. The van der Waals surface area contributed by atoms with Crippen molar-refractivity contribution < 1.29 is 33.6 Å². The van der Waals surface area contributed by atoms with Crippen LogP contribution in [0, 0.1) is 5.92 Å². The van der Waals surface area contributed by atoms with Crippen molar-refractivity contribution in [1.29, 1.82) is 0 Å². The number of benzene rings is 1. The molecule has 0 unspecified atom stereocenters. The van der Waals surface area contributed by atoms with Gasteiger partial charge in [-0.05, 0) is 24.6 Å². The third-order valence-corrected chi connectivity index (χ3v) is 6.91. The number of likely N-dealkylation sites (tertiary alicyclic amines) is 1. The smallest absolute Gasteiger partial charge is 0.245 e. The van der Waals surface area contributed by atoms with E-state index in [1.807, 2.05) is 31.2 Å². The lowest BCUT2D eigenvalue weighted by molar-refractivity contribution is -0.915. The number of nitrogens with one attached hydrogen (secondary N) is 2. The van der Waals surface area contributed by atoms with Crippen LogP contribution < -0.4 is 14.5 Å². The normalized spacial score (nSPS) is 28.9. The van der Waals surface area contributed by atoms with Gasteiger partial charge in [0.05, 0.1) is 45.5 Å². The molecule has 1 aromatic rings. The van der Waals surface area contributed by atoms with Crippen LogP contribution in [0.3, 0.4) is 0 Å². The van der Waals surface area contributed by atoms with Crippen molar-refractivity contribution in [3.05, 3.63) is 29.8 Å². The summed E-state index contributed by atoms with van der Waals surface area (Å²) in [5, 5.41) is 0. The highest BCUT2D eigenvalue weighted by atomic mass is 16.5. The summed E-state index contributed by atoms with van der Waals surface area (Å²) >= 11 is 0. The number of carbonyl (C=O) groups excluding carboxylic acids is 2. The number of rotatable bonds is 6. The zero-order chi connectivity index (χ0) is 21.1. The van der Waals surface area contributed by atoms with Crippen LogP contribution in [-0.4, -0.2) is 89.6 Å². The first kappa shape index (κ1) is 21.2. The fraction of sp³-hybridized carbons (Fsp3) is 0.636. The first-order valence-electron chi connectivity index (χ1n) is 10.9. The molecule has 3 saturated heterocycles. The molecule has 0 radical (unpaired) electrons. The van der Waals surface area contributed by atoms with E-state index in [1.165, 1.54) is 14.7 Å². The van der Waals surface area contributed by atoms with Crippen molar-refractivity contribution in [3.63, 3.8) is 0 Å². The molecule has 0 aliphatic carbocycles. The quantitative estimate of drug-likeness (QED) is 0.509. The first-order chi connectivity index (χ1) is 14.5. The third-order valence-electron chi connectivity index (χ3n) is 6.91. The van der Waals surface area contributed by atoms with E-state index in [4.69, 9.17) is 14.2 Å². The average Bonchev–Trinajstić information content (AvgIpc) is 2.97. The number of quaternary nitrogens is 2. The largest absolute Gasteiger partial charge is 0.497 e. The van der Waals surface area contributed by atoms with E-state index >= 15 is 0 Å². The van der Waals surface area contributed by atoms with E-state index in [-0.39, 0.29) is 17.7 Å². The molecule has 2 amide bonds. The molecule has 2 N–H and O–H groups in total. The van der Waals surface area contributed by atoms with E-state index in [0.29, 0.717) is 39.6 Å². The number of hydrogen-bond acceptors (Lipinski definition) is 5. The van der Waals surface area contributed by atoms with Crippen LogP contribution in [0.1, 0.15) is 12.5 Å². The maximum absolute atomic E-state index is 13.7. The minimum atomic E-state index is -0.875. The first-order valence-corrected chi connectivity index (χ1v) is 10.9. The van der Waals surface area contributed by atoms with Gasteiger partial charge in [0, 0.05) is 0 Å². The fourth-order valence-electron chi connectivity index (χ4n) is 4.86. The van der Waals surface area contributed by atoms with Gasteiger partial charge in [0.15, 0.2) is 6.67 Å². The molecule has 164 valence electrons. The second-order valence-electron chi connectivity index (χ2n) is 8.64. The lowest BCUT2D eigenvalue weighted by atomic mass is 9.73. The topological polar surface area (TPSA) is 74.0 Å². The molecule has 8 heteroatoms. The Hall–Kier alpha value is -2.00. The van der Waals surface area contributed by atoms with Crippen LogP contribution in [0.25, 0.3) is 0 Å². The molecule has 0 saturated carbocycles. The molecular formula is C22H33N3O5+2. The Kier molecular flexibility index (Phi) is 6.38. The van der Waals surface area contributed by atoms with Crippen molar-refractivity contribution in [2.45, 2.75) is 12.3 Å². The van der Waals surface area contributed by atoms with Gasteiger partial charge in [0.2, 0.25) is 11.8 Å². The van der Waals surface area contributed by atoms with Crippen LogP contribution in [0.5, 0.6) is 5.75 Å². The standard InChI is InChI=1S/C22H31N3O5/c1-22(17-3-5-18(28-2)6-4-17)19(15-23-7-11-29-12-8-23)20(26)25(21(22)27)16-24-9-13-30-14-10-24/h3-6,19H,7-16H2,1-2H3/p+2/t19-,22+/m0/s1. The summed E-state index contributed by atoms with van der Waals surface area (Å²) in [4.78, 5) is 31.3. The number of amides is 2. The molecule has 0 bridgehead atoms. The number of nitrogens with zero attached hydrogens (tertiary/aromatic N) is 1. The van der Waals surface area contributed by atoms with Crippen LogP contribution in [-0.2, 0) is 24.5 Å². The lowest BCUT2D eigenvalue weighted by Gasteiger charge is -2.32. The summed E-state index contributed by atoms with van der Waals surface area (Å²) in [7, 11) is 1.62. The molecule has 30 heavy (non-hydrogen) atoms. The second-order valence-corrected chi connectivity index (χ2v) is 8.64. The molecule has 3 heterocycles. The van der Waals surface area contributed by atoms with E-state index in [0.717, 1.165) is 37.5 Å². The zero-order valence-electron chi connectivity index (χ0n) is 17.9. The van der Waals surface area contributed by atoms with Crippen LogP contribution in [0.2, 0.25) is 0 Å². The lowest BCUT2D eigenvalue weighted by Crippen LogP contribution is -3.15. The Morgan fingerprint density at radius 1 is 1.00 bits per heavy atom. The maximum atomic E-state index is 13.7. The molecule has 3 fully saturated rings. The molecule has 2 atom stereocenters. The van der Waals surface area contributed by atoms with Gasteiger partial charge in [-0.3, -0.25) is 9.59 Å². The van der Waals surface area contributed by atoms with Crippen molar-refractivity contribution in [3.8, 4) is 5.75 Å². The molecule has 8 nitrogen and oxygen atoms in total. The molecule has 0 aromatic heterocycles. The Morgan fingerprint density at radius 3 is 2.13 bits per heavy atom. The minimum absolute atomic E-state index is 0.0451. The molecular weight excluding hydrogens is 386 g/mol. The van der Waals surface area contributed by atoms with Gasteiger partial charge in [-0.25, -0.2) is 4.90 Å². The van der Waals surface area contributed by atoms with Crippen molar-refractivity contribution in [2.75, 3.05) is 72.9 Å². The number of morpholine rings is 2.